The lowest BCUT2D eigenvalue weighted by atomic mass is 10.1. The van der Waals surface area contributed by atoms with E-state index >= 15 is 0 Å². The van der Waals surface area contributed by atoms with Gasteiger partial charge in [0.25, 0.3) is 0 Å². The SMILES string of the molecule is C[C@@H](N)C(=O)c1ccc(O)c(O)c1. The van der Waals surface area contributed by atoms with Crippen molar-refractivity contribution in [2.75, 3.05) is 0 Å². The van der Waals surface area contributed by atoms with Crippen molar-refractivity contribution in [1.82, 2.24) is 0 Å². The second-order valence-corrected chi connectivity index (χ2v) is 2.86. The van der Waals surface area contributed by atoms with Gasteiger partial charge in [-0.3, -0.25) is 4.79 Å². The minimum atomic E-state index is -0.607. The van der Waals surface area contributed by atoms with E-state index in [0.717, 1.165) is 0 Å². The van der Waals surface area contributed by atoms with Gasteiger partial charge in [-0.05, 0) is 25.1 Å². The number of Topliss-reactive ketones (excluding diaryl/α,β-unsaturated/α-hetero) is 1. The third-order valence-corrected chi connectivity index (χ3v) is 1.67. The van der Waals surface area contributed by atoms with E-state index in [1.165, 1.54) is 18.2 Å². The van der Waals surface area contributed by atoms with Crippen molar-refractivity contribution in [2.45, 2.75) is 13.0 Å². The van der Waals surface area contributed by atoms with E-state index in [9.17, 15) is 4.79 Å². The van der Waals surface area contributed by atoms with E-state index in [1.807, 2.05) is 0 Å². The van der Waals surface area contributed by atoms with Crippen LogP contribution >= 0.6 is 0 Å². The van der Waals surface area contributed by atoms with Crippen LogP contribution < -0.4 is 5.73 Å². The van der Waals surface area contributed by atoms with Crippen LogP contribution in [0.2, 0.25) is 0 Å². The highest BCUT2D eigenvalue weighted by Gasteiger charge is 2.12. The molecule has 0 saturated heterocycles. The van der Waals surface area contributed by atoms with Crippen molar-refractivity contribution in [3.8, 4) is 11.5 Å². The Morgan fingerprint density at radius 3 is 2.46 bits per heavy atom. The first-order valence-corrected chi connectivity index (χ1v) is 3.84. The van der Waals surface area contributed by atoms with Gasteiger partial charge in [-0.15, -0.1) is 0 Å². The van der Waals surface area contributed by atoms with Crippen LogP contribution in [0.25, 0.3) is 0 Å². The van der Waals surface area contributed by atoms with Crippen LogP contribution in [-0.2, 0) is 0 Å². The van der Waals surface area contributed by atoms with Gasteiger partial charge in [0, 0.05) is 5.56 Å². The smallest absolute Gasteiger partial charge is 0.179 e. The molecule has 0 fully saturated rings. The number of hydrogen-bond donors (Lipinski definition) is 3. The molecule has 13 heavy (non-hydrogen) atoms. The zero-order valence-electron chi connectivity index (χ0n) is 7.19. The number of carbonyl (C=O) groups excluding carboxylic acids is 1. The average Bonchev–Trinajstić information content (AvgIpc) is 2.08. The molecule has 0 heterocycles. The molecule has 0 bridgehead atoms. The molecule has 0 aliphatic rings. The lowest BCUT2D eigenvalue weighted by Gasteiger charge is -2.05. The number of rotatable bonds is 2. The quantitative estimate of drug-likeness (QED) is 0.461. The number of phenols is 2. The number of phenolic OH excluding ortho intramolecular Hbond substituents is 2. The zero-order valence-corrected chi connectivity index (χ0v) is 7.19. The second-order valence-electron chi connectivity index (χ2n) is 2.86. The molecule has 4 nitrogen and oxygen atoms in total. The molecular weight excluding hydrogens is 170 g/mol. The number of hydrogen-bond acceptors (Lipinski definition) is 4. The molecule has 70 valence electrons. The highest BCUT2D eigenvalue weighted by atomic mass is 16.3. The van der Waals surface area contributed by atoms with Crippen molar-refractivity contribution in [2.24, 2.45) is 5.73 Å². The van der Waals surface area contributed by atoms with Gasteiger partial charge in [0.1, 0.15) is 0 Å². The molecule has 0 amide bonds. The summed E-state index contributed by atoms with van der Waals surface area (Å²) >= 11 is 0. The van der Waals surface area contributed by atoms with Crippen molar-refractivity contribution < 1.29 is 15.0 Å². The van der Waals surface area contributed by atoms with Crippen molar-refractivity contribution in [3.63, 3.8) is 0 Å². The van der Waals surface area contributed by atoms with E-state index in [1.54, 1.807) is 6.92 Å². The minimum absolute atomic E-state index is 0.249. The average molecular weight is 181 g/mol. The topological polar surface area (TPSA) is 83.6 Å². The molecule has 0 aromatic heterocycles. The van der Waals surface area contributed by atoms with Gasteiger partial charge in [-0.2, -0.15) is 0 Å². The van der Waals surface area contributed by atoms with E-state index in [0.29, 0.717) is 5.56 Å². The van der Waals surface area contributed by atoms with Crippen molar-refractivity contribution in [3.05, 3.63) is 23.8 Å². The summed E-state index contributed by atoms with van der Waals surface area (Å²) in [5, 5.41) is 18.1. The number of nitrogens with two attached hydrogens (primary N) is 1. The summed E-state index contributed by atoms with van der Waals surface area (Å²) in [5.74, 6) is -0.831. The molecule has 0 aliphatic heterocycles. The molecule has 1 atom stereocenters. The first kappa shape index (κ1) is 9.54. The normalized spacial score (nSPS) is 12.5. The standard InChI is InChI=1S/C9H11NO3/c1-5(10)9(13)6-2-3-7(11)8(12)4-6/h2-5,11-12H,10H2,1H3/t5-/m1/s1. The van der Waals surface area contributed by atoms with Gasteiger partial charge >= 0.3 is 0 Å². The molecular formula is C9H11NO3. The fourth-order valence-electron chi connectivity index (χ4n) is 0.940. The van der Waals surface area contributed by atoms with Crippen molar-refractivity contribution in [1.29, 1.82) is 0 Å². The van der Waals surface area contributed by atoms with E-state index in [2.05, 4.69) is 0 Å². The van der Waals surface area contributed by atoms with Crippen LogP contribution in [0.15, 0.2) is 18.2 Å². The van der Waals surface area contributed by atoms with Crippen LogP contribution in [0.3, 0.4) is 0 Å². The van der Waals surface area contributed by atoms with Crippen molar-refractivity contribution >= 4 is 5.78 Å². The maximum atomic E-state index is 11.3. The Morgan fingerprint density at radius 2 is 2.00 bits per heavy atom. The maximum absolute atomic E-state index is 11.3. The van der Waals surface area contributed by atoms with Crippen LogP contribution in [-0.4, -0.2) is 22.0 Å². The van der Waals surface area contributed by atoms with Crippen LogP contribution in [0.4, 0.5) is 0 Å². The molecule has 4 N–H and O–H groups in total. The summed E-state index contributed by atoms with van der Waals surface area (Å²) in [6.07, 6.45) is 0. The number of aromatic hydroxyl groups is 2. The molecule has 1 aromatic rings. The summed E-state index contributed by atoms with van der Waals surface area (Å²) < 4.78 is 0. The Morgan fingerprint density at radius 1 is 1.38 bits per heavy atom. The van der Waals surface area contributed by atoms with E-state index in [-0.39, 0.29) is 17.3 Å². The van der Waals surface area contributed by atoms with Crippen LogP contribution in [0.1, 0.15) is 17.3 Å². The predicted molar refractivity (Wildman–Crippen MR) is 47.8 cm³/mol. The molecule has 1 aromatic carbocycles. The molecule has 0 aliphatic carbocycles. The third-order valence-electron chi connectivity index (χ3n) is 1.67. The van der Waals surface area contributed by atoms with E-state index < -0.39 is 6.04 Å². The fraction of sp³-hybridized carbons (Fsp3) is 0.222. The Balaban J connectivity index is 3.04. The zero-order chi connectivity index (χ0) is 10.0. The number of ketones is 1. The van der Waals surface area contributed by atoms with Gasteiger partial charge in [0.05, 0.1) is 6.04 Å². The van der Waals surface area contributed by atoms with Gasteiger partial charge in [0.15, 0.2) is 17.3 Å². The highest BCUT2D eigenvalue weighted by Crippen LogP contribution is 2.25. The maximum Gasteiger partial charge on any atom is 0.179 e. The van der Waals surface area contributed by atoms with Crippen LogP contribution in [0, 0.1) is 0 Å². The molecule has 1 rings (SSSR count). The third kappa shape index (κ3) is 1.97. The fourth-order valence-corrected chi connectivity index (χ4v) is 0.940. The van der Waals surface area contributed by atoms with Crippen LogP contribution in [0.5, 0.6) is 11.5 Å². The number of carbonyl (C=O) groups is 1. The molecule has 0 radical (unpaired) electrons. The first-order valence-electron chi connectivity index (χ1n) is 3.84. The summed E-state index contributed by atoms with van der Waals surface area (Å²) in [5.41, 5.74) is 5.66. The Hall–Kier alpha value is -1.55. The lowest BCUT2D eigenvalue weighted by molar-refractivity contribution is 0.0967. The van der Waals surface area contributed by atoms with E-state index in [4.69, 9.17) is 15.9 Å². The molecule has 0 saturated carbocycles. The summed E-state index contributed by atoms with van der Waals surface area (Å²) in [6, 6.07) is 3.26. The Labute approximate surface area is 75.6 Å². The minimum Gasteiger partial charge on any atom is -0.504 e. The monoisotopic (exact) mass is 181 g/mol. The van der Waals surface area contributed by atoms with Gasteiger partial charge in [0.2, 0.25) is 0 Å². The Bertz CT molecular complexity index is 334. The highest BCUT2D eigenvalue weighted by molar-refractivity contribution is 6.00. The number of benzene rings is 1. The molecule has 0 spiro atoms. The summed E-state index contributed by atoms with van der Waals surface area (Å²) in [6.45, 7) is 1.56. The Kier molecular flexibility index (Phi) is 2.53. The van der Waals surface area contributed by atoms with Gasteiger partial charge < -0.3 is 15.9 Å². The molecule has 4 heteroatoms. The first-order chi connectivity index (χ1) is 6.02. The summed E-state index contributed by atoms with van der Waals surface area (Å²) in [7, 11) is 0. The molecule has 0 unspecified atom stereocenters. The predicted octanol–water partition coefficient (Wildman–Crippen LogP) is 0.628. The second kappa shape index (κ2) is 3.45. The lowest BCUT2D eigenvalue weighted by Crippen LogP contribution is -2.26. The van der Waals surface area contributed by atoms with Gasteiger partial charge in [-0.25, -0.2) is 0 Å². The van der Waals surface area contributed by atoms with Gasteiger partial charge in [-0.1, -0.05) is 0 Å². The largest absolute Gasteiger partial charge is 0.504 e. The summed E-state index contributed by atoms with van der Waals surface area (Å²) in [4.78, 5) is 11.3.